The summed E-state index contributed by atoms with van der Waals surface area (Å²) in [7, 11) is 0. The van der Waals surface area contributed by atoms with Crippen molar-refractivity contribution in [1.29, 1.82) is 0 Å². The van der Waals surface area contributed by atoms with E-state index in [1.54, 1.807) is 0 Å². The van der Waals surface area contributed by atoms with Crippen molar-refractivity contribution in [2.45, 2.75) is 40.0 Å². The van der Waals surface area contributed by atoms with Crippen molar-refractivity contribution in [1.82, 2.24) is 4.90 Å². The van der Waals surface area contributed by atoms with Crippen LogP contribution in [-0.4, -0.2) is 37.1 Å². The van der Waals surface area contributed by atoms with Gasteiger partial charge in [-0.15, -0.1) is 0 Å². The first kappa shape index (κ1) is 16.7. The lowest BCUT2D eigenvalue weighted by molar-refractivity contribution is 0.0489. The molecule has 0 atom stereocenters. The van der Waals surface area contributed by atoms with E-state index in [-0.39, 0.29) is 5.97 Å². The lowest BCUT2D eigenvalue weighted by Gasteiger charge is -2.17. The van der Waals surface area contributed by atoms with Crippen molar-refractivity contribution in [2.75, 3.05) is 26.2 Å². The molecule has 0 aromatic heterocycles. The maximum atomic E-state index is 11.9. The first-order valence-corrected chi connectivity index (χ1v) is 7.57. The van der Waals surface area contributed by atoms with Gasteiger partial charge in [0.25, 0.3) is 0 Å². The number of hydrogen-bond acceptors (Lipinski definition) is 3. The van der Waals surface area contributed by atoms with Crippen LogP contribution >= 0.6 is 0 Å². The third kappa shape index (κ3) is 5.33. The quantitative estimate of drug-likeness (QED) is 0.536. The molecule has 1 rings (SSSR count). The molecular weight excluding hydrogens is 250 g/mol. The van der Waals surface area contributed by atoms with Crippen LogP contribution in [0.3, 0.4) is 0 Å². The van der Waals surface area contributed by atoms with Crippen LogP contribution in [0.25, 0.3) is 0 Å². The highest BCUT2D eigenvalue weighted by molar-refractivity contribution is 5.89. The largest absolute Gasteiger partial charge is 0.462 e. The fraction of sp³-hybridized carbons (Fsp3) is 0.588. The zero-order valence-electron chi connectivity index (χ0n) is 13.2. The molecule has 0 saturated carbocycles. The molecule has 0 saturated heterocycles. The minimum absolute atomic E-state index is 0.222. The average Bonchev–Trinajstić information content (AvgIpc) is 2.47. The molecular formula is C17H27NO2. The topological polar surface area (TPSA) is 29.5 Å². The number of rotatable bonds is 8. The minimum atomic E-state index is -0.222. The van der Waals surface area contributed by atoms with Gasteiger partial charge in [-0.25, -0.2) is 4.79 Å². The number of esters is 1. The molecule has 1 aromatic carbocycles. The van der Waals surface area contributed by atoms with E-state index in [2.05, 4.69) is 32.6 Å². The van der Waals surface area contributed by atoms with Crippen LogP contribution < -0.4 is 0 Å². The summed E-state index contributed by atoms with van der Waals surface area (Å²) < 4.78 is 5.30. The molecule has 1 aromatic rings. The van der Waals surface area contributed by atoms with Gasteiger partial charge in [-0.3, -0.25) is 0 Å². The lowest BCUT2D eigenvalue weighted by atomic mass is 10.0. The predicted octanol–water partition coefficient (Wildman–Crippen LogP) is 3.70. The van der Waals surface area contributed by atoms with Crippen LogP contribution in [0.4, 0.5) is 0 Å². The lowest BCUT2D eigenvalue weighted by Crippen LogP contribution is -2.25. The van der Waals surface area contributed by atoms with E-state index in [0.717, 1.165) is 26.1 Å². The molecule has 0 aliphatic heterocycles. The summed E-state index contributed by atoms with van der Waals surface area (Å²) in [4.78, 5) is 14.2. The van der Waals surface area contributed by atoms with E-state index in [4.69, 9.17) is 4.74 Å². The summed E-state index contributed by atoms with van der Waals surface area (Å²) in [6, 6.07) is 7.69. The molecule has 20 heavy (non-hydrogen) atoms. The van der Waals surface area contributed by atoms with Gasteiger partial charge in [-0.2, -0.15) is 0 Å². The Kier molecular flexibility index (Phi) is 7.31. The van der Waals surface area contributed by atoms with E-state index < -0.39 is 0 Å². The number of ether oxygens (including phenoxy) is 1. The minimum Gasteiger partial charge on any atom is -0.462 e. The molecule has 0 unspecified atom stereocenters. The van der Waals surface area contributed by atoms with E-state index in [1.807, 2.05) is 24.3 Å². The second kappa shape index (κ2) is 8.75. The summed E-state index contributed by atoms with van der Waals surface area (Å²) in [5, 5.41) is 0. The van der Waals surface area contributed by atoms with E-state index >= 15 is 0 Å². The summed E-state index contributed by atoms with van der Waals surface area (Å²) >= 11 is 0. The molecule has 112 valence electrons. The summed E-state index contributed by atoms with van der Waals surface area (Å²) in [5.41, 5.74) is 1.88. The number of carbonyl (C=O) groups is 1. The smallest absolute Gasteiger partial charge is 0.338 e. The van der Waals surface area contributed by atoms with Gasteiger partial charge in [0.15, 0.2) is 0 Å². The predicted molar refractivity (Wildman–Crippen MR) is 83.2 cm³/mol. The average molecular weight is 277 g/mol. The number of carbonyl (C=O) groups excluding carboxylic acids is 1. The first-order valence-electron chi connectivity index (χ1n) is 7.57. The third-order valence-corrected chi connectivity index (χ3v) is 3.56. The molecule has 0 amide bonds. The van der Waals surface area contributed by atoms with Gasteiger partial charge in [0.2, 0.25) is 0 Å². The standard InChI is InChI=1S/C17H27NO2/c1-5-18(6-2)12-7-13-20-17(19)16-10-8-15(9-11-16)14(3)4/h8-11,14H,5-7,12-13H2,1-4H3. The van der Waals surface area contributed by atoms with Gasteiger partial charge >= 0.3 is 5.97 Å². The summed E-state index contributed by atoms with van der Waals surface area (Å²) in [5.74, 6) is 0.258. The van der Waals surface area contributed by atoms with E-state index in [9.17, 15) is 4.79 Å². The van der Waals surface area contributed by atoms with Crippen molar-refractivity contribution in [3.05, 3.63) is 35.4 Å². The molecule has 0 N–H and O–H groups in total. The zero-order chi connectivity index (χ0) is 15.0. The Hall–Kier alpha value is -1.35. The van der Waals surface area contributed by atoms with Crippen molar-refractivity contribution >= 4 is 5.97 Å². The van der Waals surface area contributed by atoms with Crippen LogP contribution in [0.2, 0.25) is 0 Å². The summed E-state index contributed by atoms with van der Waals surface area (Å²) in [6.45, 7) is 12.1. The molecule has 0 radical (unpaired) electrons. The fourth-order valence-corrected chi connectivity index (χ4v) is 2.08. The maximum Gasteiger partial charge on any atom is 0.338 e. The molecule has 0 aliphatic carbocycles. The zero-order valence-corrected chi connectivity index (χ0v) is 13.2. The first-order chi connectivity index (χ1) is 9.58. The molecule has 0 heterocycles. The van der Waals surface area contributed by atoms with Gasteiger partial charge in [-0.1, -0.05) is 39.8 Å². The van der Waals surface area contributed by atoms with Gasteiger partial charge in [0, 0.05) is 6.54 Å². The summed E-state index contributed by atoms with van der Waals surface area (Å²) in [6.07, 6.45) is 0.886. The second-order valence-corrected chi connectivity index (χ2v) is 5.29. The fourth-order valence-electron chi connectivity index (χ4n) is 2.08. The SMILES string of the molecule is CCN(CC)CCCOC(=O)c1ccc(C(C)C)cc1. The van der Waals surface area contributed by atoms with Crippen molar-refractivity contribution < 1.29 is 9.53 Å². The molecule has 3 heteroatoms. The van der Waals surface area contributed by atoms with Crippen molar-refractivity contribution in [3.63, 3.8) is 0 Å². The molecule has 0 aliphatic rings. The van der Waals surface area contributed by atoms with Crippen LogP contribution in [0.15, 0.2) is 24.3 Å². The normalized spacial score (nSPS) is 11.1. The van der Waals surface area contributed by atoms with Gasteiger partial charge in [-0.05, 0) is 43.1 Å². The van der Waals surface area contributed by atoms with Crippen LogP contribution in [0, 0.1) is 0 Å². The Balaban J connectivity index is 2.35. The number of hydrogen-bond donors (Lipinski definition) is 0. The molecule has 0 fully saturated rings. The van der Waals surface area contributed by atoms with Crippen molar-refractivity contribution in [2.24, 2.45) is 0 Å². The molecule has 0 spiro atoms. The van der Waals surface area contributed by atoms with Crippen LogP contribution in [-0.2, 0) is 4.74 Å². The van der Waals surface area contributed by atoms with Gasteiger partial charge in [0.05, 0.1) is 12.2 Å². The van der Waals surface area contributed by atoms with E-state index in [1.165, 1.54) is 5.56 Å². The Bertz CT molecular complexity index is 394. The Labute approximate surface area is 122 Å². The number of nitrogens with zero attached hydrogens (tertiary/aromatic N) is 1. The molecule has 0 bridgehead atoms. The van der Waals surface area contributed by atoms with Crippen molar-refractivity contribution in [3.8, 4) is 0 Å². The second-order valence-electron chi connectivity index (χ2n) is 5.29. The Morgan fingerprint density at radius 3 is 2.25 bits per heavy atom. The van der Waals surface area contributed by atoms with Crippen LogP contribution in [0.1, 0.15) is 56.0 Å². The highest BCUT2D eigenvalue weighted by Crippen LogP contribution is 2.15. The Morgan fingerprint density at radius 1 is 1.15 bits per heavy atom. The third-order valence-electron chi connectivity index (χ3n) is 3.56. The Morgan fingerprint density at radius 2 is 1.75 bits per heavy atom. The monoisotopic (exact) mass is 277 g/mol. The number of benzene rings is 1. The van der Waals surface area contributed by atoms with Crippen LogP contribution in [0.5, 0.6) is 0 Å². The highest BCUT2D eigenvalue weighted by Gasteiger charge is 2.08. The maximum absolute atomic E-state index is 11.9. The van der Waals surface area contributed by atoms with Gasteiger partial charge < -0.3 is 9.64 Å². The van der Waals surface area contributed by atoms with E-state index in [0.29, 0.717) is 18.1 Å². The molecule has 3 nitrogen and oxygen atoms in total. The van der Waals surface area contributed by atoms with Gasteiger partial charge in [0.1, 0.15) is 0 Å². The highest BCUT2D eigenvalue weighted by atomic mass is 16.5.